The lowest BCUT2D eigenvalue weighted by Crippen LogP contribution is -1.99. The van der Waals surface area contributed by atoms with Crippen molar-refractivity contribution in [1.29, 1.82) is 0 Å². The summed E-state index contributed by atoms with van der Waals surface area (Å²) in [6.07, 6.45) is 6.37. The molecule has 5 nitrogen and oxygen atoms in total. The van der Waals surface area contributed by atoms with Crippen LogP contribution >= 0.6 is 0 Å². The maximum Gasteiger partial charge on any atom is 0.189 e. The summed E-state index contributed by atoms with van der Waals surface area (Å²) in [6, 6.07) is 5.09. The molecule has 1 N–H and O–H groups in total. The number of H-pyrrole nitrogens is 1. The first-order valence-corrected chi connectivity index (χ1v) is 5.68. The number of carbonyl (C=O) groups excluding carboxylic acids is 1. The number of carbonyl (C=O) groups is 1. The fraction of sp³-hybridized carbons (Fsp3) is 0.143. The van der Waals surface area contributed by atoms with Crippen LogP contribution in [0.1, 0.15) is 16.2 Å². The Balaban J connectivity index is 2.27. The largest absolute Gasteiger partial charge is 0.497 e. The van der Waals surface area contributed by atoms with Crippen molar-refractivity contribution in [3.05, 3.63) is 48.1 Å². The molecular weight excluding hydrogens is 244 g/mol. The molecule has 19 heavy (non-hydrogen) atoms. The molecule has 2 rings (SSSR count). The summed E-state index contributed by atoms with van der Waals surface area (Å²) in [5.41, 5.74) is 0.449. The van der Waals surface area contributed by atoms with Gasteiger partial charge in [-0.2, -0.15) is 0 Å². The molecule has 0 atom stereocenters. The van der Waals surface area contributed by atoms with Crippen molar-refractivity contribution in [3.63, 3.8) is 0 Å². The number of benzene rings is 1. The van der Waals surface area contributed by atoms with Crippen LogP contribution < -0.4 is 9.47 Å². The van der Waals surface area contributed by atoms with Crippen LogP contribution in [0.5, 0.6) is 11.5 Å². The summed E-state index contributed by atoms with van der Waals surface area (Å²) >= 11 is 0. The SMILES string of the molecule is COc1ccc(OC)c(C(=O)C=Cc2ncc[nH]2)c1. The minimum atomic E-state index is -0.174. The second-order valence-corrected chi connectivity index (χ2v) is 3.74. The van der Waals surface area contributed by atoms with Gasteiger partial charge in [-0.15, -0.1) is 0 Å². The van der Waals surface area contributed by atoms with Gasteiger partial charge in [0.25, 0.3) is 0 Å². The summed E-state index contributed by atoms with van der Waals surface area (Å²) in [7, 11) is 3.07. The van der Waals surface area contributed by atoms with Crippen LogP contribution in [-0.2, 0) is 0 Å². The highest BCUT2D eigenvalue weighted by molar-refractivity contribution is 6.08. The van der Waals surface area contributed by atoms with Crippen LogP contribution in [0.15, 0.2) is 36.7 Å². The van der Waals surface area contributed by atoms with E-state index in [0.29, 0.717) is 22.9 Å². The number of methoxy groups -OCH3 is 2. The molecule has 0 spiro atoms. The maximum atomic E-state index is 12.1. The highest BCUT2D eigenvalue weighted by atomic mass is 16.5. The molecule has 0 unspecified atom stereocenters. The molecule has 0 aliphatic heterocycles. The lowest BCUT2D eigenvalue weighted by atomic mass is 10.1. The van der Waals surface area contributed by atoms with Gasteiger partial charge in [-0.3, -0.25) is 4.79 Å². The average Bonchev–Trinajstić information content (AvgIpc) is 2.97. The molecule has 1 heterocycles. The van der Waals surface area contributed by atoms with Crippen molar-refractivity contribution in [2.45, 2.75) is 0 Å². The Bertz CT molecular complexity index is 589. The van der Waals surface area contributed by atoms with Gasteiger partial charge in [0.2, 0.25) is 0 Å². The van der Waals surface area contributed by atoms with Crippen molar-refractivity contribution in [2.24, 2.45) is 0 Å². The fourth-order valence-corrected chi connectivity index (χ4v) is 1.62. The van der Waals surface area contributed by atoms with Crippen LogP contribution in [0, 0.1) is 0 Å². The minimum absolute atomic E-state index is 0.174. The first kappa shape index (κ1) is 12.9. The molecule has 0 amide bonds. The van der Waals surface area contributed by atoms with Gasteiger partial charge in [0, 0.05) is 12.4 Å². The molecular formula is C14H14N2O3. The van der Waals surface area contributed by atoms with Gasteiger partial charge in [0.1, 0.15) is 17.3 Å². The molecule has 0 aliphatic carbocycles. The summed E-state index contributed by atoms with van der Waals surface area (Å²) in [5, 5.41) is 0. The Kier molecular flexibility index (Phi) is 3.97. The van der Waals surface area contributed by atoms with Gasteiger partial charge in [-0.1, -0.05) is 0 Å². The predicted octanol–water partition coefficient (Wildman–Crippen LogP) is 2.32. The third-order valence-corrected chi connectivity index (χ3v) is 2.58. The maximum absolute atomic E-state index is 12.1. The van der Waals surface area contributed by atoms with Crippen molar-refractivity contribution in [1.82, 2.24) is 9.97 Å². The molecule has 0 bridgehead atoms. The lowest BCUT2D eigenvalue weighted by Gasteiger charge is -2.07. The number of ether oxygens (including phenoxy) is 2. The zero-order chi connectivity index (χ0) is 13.7. The number of allylic oxidation sites excluding steroid dienone is 1. The fourth-order valence-electron chi connectivity index (χ4n) is 1.62. The molecule has 1 aromatic heterocycles. The summed E-state index contributed by atoms with van der Waals surface area (Å²) in [5.74, 6) is 1.56. The van der Waals surface area contributed by atoms with Gasteiger partial charge in [-0.05, 0) is 30.4 Å². The van der Waals surface area contributed by atoms with Gasteiger partial charge in [-0.25, -0.2) is 4.98 Å². The molecule has 0 saturated carbocycles. The van der Waals surface area contributed by atoms with Gasteiger partial charge in [0.15, 0.2) is 5.78 Å². The first-order chi connectivity index (χ1) is 9.24. The number of nitrogens with zero attached hydrogens (tertiary/aromatic N) is 1. The van der Waals surface area contributed by atoms with Crippen LogP contribution in [0.25, 0.3) is 6.08 Å². The van der Waals surface area contributed by atoms with Crippen molar-refractivity contribution in [3.8, 4) is 11.5 Å². The normalized spacial score (nSPS) is 10.6. The van der Waals surface area contributed by atoms with E-state index in [-0.39, 0.29) is 5.78 Å². The van der Waals surface area contributed by atoms with E-state index in [0.717, 1.165) is 0 Å². The van der Waals surface area contributed by atoms with E-state index < -0.39 is 0 Å². The number of rotatable bonds is 5. The molecule has 5 heteroatoms. The second-order valence-electron chi connectivity index (χ2n) is 3.74. The molecule has 0 fully saturated rings. The van der Waals surface area contributed by atoms with Gasteiger partial charge < -0.3 is 14.5 Å². The lowest BCUT2D eigenvalue weighted by molar-refractivity contribution is 0.104. The van der Waals surface area contributed by atoms with Crippen LogP contribution in [0.2, 0.25) is 0 Å². The Labute approximate surface area is 110 Å². The highest BCUT2D eigenvalue weighted by Gasteiger charge is 2.11. The number of hydrogen-bond acceptors (Lipinski definition) is 4. The Hall–Kier alpha value is -2.56. The van der Waals surface area contributed by atoms with Crippen molar-refractivity contribution in [2.75, 3.05) is 14.2 Å². The smallest absolute Gasteiger partial charge is 0.189 e. The summed E-state index contributed by atoms with van der Waals surface area (Å²) in [4.78, 5) is 19.0. The first-order valence-electron chi connectivity index (χ1n) is 5.68. The predicted molar refractivity (Wildman–Crippen MR) is 71.5 cm³/mol. The molecule has 2 aromatic rings. The van der Waals surface area contributed by atoms with Gasteiger partial charge >= 0.3 is 0 Å². The Morgan fingerprint density at radius 3 is 2.79 bits per heavy atom. The Morgan fingerprint density at radius 2 is 2.16 bits per heavy atom. The molecule has 98 valence electrons. The second kappa shape index (κ2) is 5.86. The summed E-state index contributed by atoms with van der Waals surface area (Å²) in [6.45, 7) is 0. The van der Waals surface area contributed by atoms with E-state index >= 15 is 0 Å². The van der Waals surface area contributed by atoms with E-state index in [1.54, 1.807) is 43.8 Å². The number of aromatic amines is 1. The third kappa shape index (κ3) is 3.01. The van der Waals surface area contributed by atoms with E-state index in [2.05, 4.69) is 9.97 Å². The van der Waals surface area contributed by atoms with Crippen molar-refractivity contribution >= 4 is 11.9 Å². The van der Waals surface area contributed by atoms with Crippen LogP contribution in [-0.4, -0.2) is 30.0 Å². The number of nitrogens with one attached hydrogen (secondary N) is 1. The van der Waals surface area contributed by atoms with Crippen molar-refractivity contribution < 1.29 is 14.3 Å². The van der Waals surface area contributed by atoms with Crippen LogP contribution in [0.4, 0.5) is 0 Å². The standard InChI is InChI=1S/C14H14N2O3/c1-18-10-3-5-13(19-2)11(9-10)12(17)4-6-14-15-7-8-16-14/h3-9H,1-2H3,(H,15,16). The minimum Gasteiger partial charge on any atom is -0.497 e. The average molecular weight is 258 g/mol. The van der Waals surface area contributed by atoms with E-state index in [1.165, 1.54) is 13.2 Å². The molecule has 0 saturated heterocycles. The van der Waals surface area contributed by atoms with E-state index in [1.807, 2.05) is 0 Å². The quantitative estimate of drug-likeness (QED) is 0.660. The summed E-state index contributed by atoms with van der Waals surface area (Å²) < 4.78 is 10.3. The zero-order valence-electron chi connectivity index (χ0n) is 10.7. The molecule has 0 aliphatic rings. The number of imidazole rings is 1. The highest BCUT2D eigenvalue weighted by Crippen LogP contribution is 2.24. The number of aromatic nitrogens is 2. The van der Waals surface area contributed by atoms with Gasteiger partial charge in [0.05, 0.1) is 19.8 Å². The van der Waals surface area contributed by atoms with E-state index in [4.69, 9.17) is 9.47 Å². The zero-order valence-corrected chi connectivity index (χ0v) is 10.7. The topological polar surface area (TPSA) is 64.2 Å². The van der Waals surface area contributed by atoms with E-state index in [9.17, 15) is 4.79 Å². The van der Waals surface area contributed by atoms with Crippen LogP contribution in [0.3, 0.4) is 0 Å². The molecule has 0 radical (unpaired) electrons. The number of hydrogen-bond donors (Lipinski definition) is 1. The Morgan fingerprint density at radius 1 is 1.32 bits per heavy atom. The number of ketones is 1. The molecule has 1 aromatic carbocycles. The third-order valence-electron chi connectivity index (χ3n) is 2.58. The monoisotopic (exact) mass is 258 g/mol.